The van der Waals surface area contributed by atoms with Gasteiger partial charge in [0.05, 0.1) is 20.0 Å². The number of anilines is 1. The Morgan fingerprint density at radius 3 is 2.41 bits per heavy atom. The molecule has 1 saturated heterocycles. The summed E-state index contributed by atoms with van der Waals surface area (Å²) in [6.07, 6.45) is -3.08. The quantitative estimate of drug-likeness (QED) is 0.0994. The maximum absolute atomic E-state index is 14.8. The molecule has 270 valence electrons. The first kappa shape index (κ1) is 38.1. The van der Waals surface area contributed by atoms with E-state index in [9.17, 15) is 34.6 Å². The zero-order valence-corrected chi connectivity index (χ0v) is 29.2. The molecule has 8 N–H and O–H groups in total. The number of hydrogen-bond donors (Lipinski definition) is 7. The van der Waals surface area contributed by atoms with Crippen LogP contribution in [0.2, 0.25) is 0 Å². The minimum absolute atomic E-state index is 0.00430. The lowest BCUT2D eigenvalue weighted by Gasteiger charge is -2.37. The van der Waals surface area contributed by atoms with Gasteiger partial charge >= 0.3 is 19.6 Å². The highest BCUT2D eigenvalue weighted by Gasteiger charge is 2.55. The predicted molar refractivity (Wildman–Crippen MR) is 178 cm³/mol. The van der Waals surface area contributed by atoms with E-state index >= 15 is 0 Å². The average Bonchev–Trinajstić information content (AvgIpc) is 3.52. The number of nitrogens with zero attached hydrogens (tertiary/aromatic N) is 4. The number of aliphatic hydroxyl groups excluding tert-OH is 1. The second-order valence-corrected chi connectivity index (χ2v) is 15.2. The van der Waals surface area contributed by atoms with Crippen molar-refractivity contribution in [2.24, 2.45) is 11.8 Å². The molecule has 17 nitrogen and oxygen atoms in total. The molecule has 1 aromatic carbocycles. The first-order valence-electron chi connectivity index (χ1n) is 15.8. The minimum Gasteiger partial charge on any atom is -0.480 e. The van der Waals surface area contributed by atoms with Crippen molar-refractivity contribution < 1.29 is 48.6 Å². The highest BCUT2D eigenvalue weighted by molar-refractivity contribution is 7.54. The zero-order valence-electron chi connectivity index (χ0n) is 28.3. The smallest absolute Gasteiger partial charge is 0.342 e. The van der Waals surface area contributed by atoms with Crippen molar-refractivity contribution in [3.05, 3.63) is 42.2 Å². The van der Waals surface area contributed by atoms with Crippen molar-refractivity contribution in [1.82, 2.24) is 29.7 Å². The van der Waals surface area contributed by atoms with E-state index in [-0.39, 0.29) is 54.1 Å². The fourth-order valence-electron chi connectivity index (χ4n) is 6.06. The van der Waals surface area contributed by atoms with Gasteiger partial charge in [-0.05, 0) is 37.2 Å². The highest BCUT2D eigenvalue weighted by Crippen LogP contribution is 2.46. The largest absolute Gasteiger partial charge is 0.480 e. The number of methoxy groups -OCH3 is 1. The van der Waals surface area contributed by atoms with E-state index in [2.05, 4.69) is 25.1 Å². The van der Waals surface area contributed by atoms with Crippen LogP contribution in [0.3, 0.4) is 0 Å². The van der Waals surface area contributed by atoms with Crippen LogP contribution in [0.1, 0.15) is 59.3 Å². The van der Waals surface area contributed by atoms with E-state index < -0.39 is 61.8 Å². The Balaban J connectivity index is 1.70. The number of aromatic nitrogens is 4. The van der Waals surface area contributed by atoms with E-state index in [0.29, 0.717) is 5.56 Å². The lowest BCUT2D eigenvalue weighted by atomic mass is 9.84. The number of rotatable bonds is 17. The Hall–Kier alpha value is -3.70. The standard InChI is InChI=1S/C31H46N7O10P/c1-17(2)12-20(26(40)41)36-49(45,37-31(28(42)43,13-18(3)4)14-19-10-8-7-9-11-19)47-15-21-23(39)30(5,44)27(48-21)38-16-33-22-24(38)34-29(32)35-25(22)46-6/h7-11,16-18,20-21,23,27,39,44H,12-15H2,1-6H3,(H,40,41)(H,42,43)(H2,32,34,35)(H2,36,37,45)/t20-,21+,23+,27+,30+,31-,49?/m0/s1. The number of carboxylic acid groups (broad SMARTS) is 2. The molecule has 1 unspecified atom stereocenters. The third-order valence-electron chi connectivity index (χ3n) is 8.23. The molecule has 1 aliphatic heterocycles. The van der Waals surface area contributed by atoms with Crippen LogP contribution in [-0.4, -0.2) is 95.0 Å². The van der Waals surface area contributed by atoms with Crippen LogP contribution in [0.15, 0.2) is 36.7 Å². The number of fused-ring (bicyclic) bond motifs is 1. The number of carboxylic acids is 2. The second-order valence-electron chi connectivity index (χ2n) is 13.4. The molecular formula is C31H46N7O10P. The molecule has 1 fully saturated rings. The number of hydrogen-bond acceptors (Lipinski definition) is 12. The summed E-state index contributed by atoms with van der Waals surface area (Å²) in [7, 11) is -3.25. The third-order valence-corrected chi connectivity index (χ3v) is 10.1. The molecule has 0 bridgehead atoms. The van der Waals surface area contributed by atoms with Crippen molar-refractivity contribution in [3.8, 4) is 5.88 Å². The molecule has 18 heteroatoms. The summed E-state index contributed by atoms with van der Waals surface area (Å²) in [5.74, 6) is -3.07. The predicted octanol–water partition coefficient (Wildman–Crippen LogP) is 2.34. The molecular weight excluding hydrogens is 661 g/mol. The van der Waals surface area contributed by atoms with Gasteiger partial charge in [0.1, 0.15) is 29.4 Å². The number of nitrogens with two attached hydrogens (primary N) is 1. The molecule has 3 heterocycles. The van der Waals surface area contributed by atoms with Gasteiger partial charge in [-0.2, -0.15) is 9.97 Å². The number of aliphatic hydroxyl groups is 2. The monoisotopic (exact) mass is 707 g/mol. The molecule has 0 spiro atoms. The second kappa shape index (κ2) is 15.0. The minimum atomic E-state index is -4.62. The zero-order chi connectivity index (χ0) is 36.3. The summed E-state index contributed by atoms with van der Waals surface area (Å²) >= 11 is 0. The Labute approximate surface area is 283 Å². The molecule has 0 saturated carbocycles. The molecule has 49 heavy (non-hydrogen) atoms. The summed E-state index contributed by atoms with van der Waals surface area (Å²) in [6, 6.07) is 7.34. The Morgan fingerprint density at radius 2 is 1.84 bits per heavy atom. The van der Waals surface area contributed by atoms with Crippen LogP contribution < -0.4 is 20.6 Å². The van der Waals surface area contributed by atoms with E-state index in [1.165, 1.54) is 24.9 Å². The maximum atomic E-state index is 14.8. The van der Waals surface area contributed by atoms with Gasteiger partial charge in [-0.1, -0.05) is 58.0 Å². The average molecular weight is 708 g/mol. The first-order chi connectivity index (χ1) is 22.9. The van der Waals surface area contributed by atoms with Crippen molar-refractivity contribution in [1.29, 1.82) is 0 Å². The molecule has 7 atom stereocenters. The Kier molecular flexibility index (Phi) is 11.7. The summed E-state index contributed by atoms with van der Waals surface area (Å²) in [5, 5.41) is 48.7. The third kappa shape index (κ3) is 8.55. The summed E-state index contributed by atoms with van der Waals surface area (Å²) in [6.45, 7) is 7.83. The first-order valence-corrected chi connectivity index (χ1v) is 17.5. The van der Waals surface area contributed by atoms with Gasteiger partial charge < -0.3 is 40.2 Å². The summed E-state index contributed by atoms with van der Waals surface area (Å²) in [4.78, 5) is 37.8. The molecule has 0 aliphatic carbocycles. The van der Waals surface area contributed by atoms with Gasteiger partial charge in [0.25, 0.3) is 0 Å². The van der Waals surface area contributed by atoms with Gasteiger partial charge in [0.15, 0.2) is 17.4 Å². The molecule has 0 amide bonds. The fraction of sp³-hybridized carbons (Fsp3) is 0.581. The number of ether oxygens (including phenoxy) is 2. The van der Waals surface area contributed by atoms with Gasteiger partial charge in [-0.3, -0.25) is 18.7 Å². The van der Waals surface area contributed by atoms with E-state index in [4.69, 9.17) is 19.7 Å². The van der Waals surface area contributed by atoms with Crippen molar-refractivity contribution in [2.45, 2.75) is 89.5 Å². The molecule has 2 aromatic heterocycles. The normalized spacial score (nSPS) is 24.2. The van der Waals surface area contributed by atoms with Crippen LogP contribution in [-0.2, 0) is 29.8 Å². The van der Waals surface area contributed by atoms with Crippen molar-refractivity contribution in [2.75, 3.05) is 19.5 Å². The number of carbonyl (C=O) groups is 2. The van der Waals surface area contributed by atoms with Crippen LogP contribution in [0.5, 0.6) is 5.88 Å². The van der Waals surface area contributed by atoms with E-state index in [0.717, 1.165) is 0 Å². The van der Waals surface area contributed by atoms with Crippen molar-refractivity contribution >= 4 is 36.7 Å². The number of nitrogens with one attached hydrogen (secondary N) is 2. The SMILES string of the molecule is COc1nc(N)nc2c1ncn2[C@@H]1O[C@H](COP(=O)(N[C@@H](CC(C)C)C(=O)O)N[C@](Cc2ccccc2)(CC(C)C)C(=O)O)[C@@H](O)[C@@]1(C)O. The van der Waals surface area contributed by atoms with E-state index in [1.807, 2.05) is 0 Å². The number of aliphatic carboxylic acids is 2. The Morgan fingerprint density at radius 1 is 1.16 bits per heavy atom. The van der Waals surface area contributed by atoms with Crippen LogP contribution in [0.25, 0.3) is 11.2 Å². The van der Waals surface area contributed by atoms with Gasteiger partial charge in [0.2, 0.25) is 11.8 Å². The van der Waals surface area contributed by atoms with Crippen molar-refractivity contribution in [3.63, 3.8) is 0 Å². The number of benzene rings is 1. The summed E-state index contributed by atoms with van der Waals surface area (Å²) in [5.41, 5.74) is 2.95. The van der Waals surface area contributed by atoms with E-state index in [1.54, 1.807) is 58.0 Å². The van der Waals surface area contributed by atoms with Crippen LogP contribution >= 0.6 is 7.67 Å². The Bertz CT molecular complexity index is 1670. The van der Waals surface area contributed by atoms with Gasteiger partial charge in [-0.25, -0.2) is 15.2 Å². The highest BCUT2D eigenvalue weighted by atomic mass is 31.2. The van der Waals surface area contributed by atoms with Crippen LogP contribution in [0.4, 0.5) is 5.95 Å². The molecule has 0 radical (unpaired) electrons. The fourth-order valence-corrected chi connectivity index (χ4v) is 8.07. The van der Waals surface area contributed by atoms with Gasteiger partial charge in [-0.15, -0.1) is 0 Å². The van der Waals surface area contributed by atoms with Crippen LogP contribution in [0, 0.1) is 11.8 Å². The molecule has 3 aromatic rings. The summed E-state index contributed by atoms with van der Waals surface area (Å²) < 4.78 is 33.3. The molecule has 1 aliphatic rings. The number of nitrogen functional groups attached to an aromatic ring is 1. The van der Waals surface area contributed by atoms with Gasteiger partial charge in [0, 0.05) is 6.42 Å². The molecule has 4 rings (SSSR count). The lowest BCUT2D eigenvalue weighted by molar-refractivity contribution is -0.145. The maximum Gasteiger partial charge on any atom is 0.342 e. The topological polar surface area (TPSA) is 253 Å². The lowest BCUT2D eigenvalue weighted by Crippen LogP contribution is -2.56. The number of imidazole rings is 1.